The van der Waals surface area contributed by atoms with Crippen LogP contribution in [0.2, 0.25) is 5.02 Å². The SMILES string of the molecule is C[n+]1[nH]oc(=O)c1SCCC(=O)Nc1ccc(Cl)c(C(=O)O)c1. The van der Waals surface area contributed by atoms with Gasteiger partial charge < -0.3 is 10.4 Å². The summed E-state index contributed by atoms with van der Waals surface area (Å²) in [5, 5.41) is 14.4. The second-order valence-electron chi connectivity index (χ2n) is 4.49. The smallest absolute Gasteiger partial charge is 0.441 e. The summed E-state index contributed by atoms with van der Waals surface area (Å²) in [6.45, 7) is 0. The van der Waals surface area contributed by atoms with Gasteiger partial charge in [-0.05, 0) is 35.2 Å². The van der Waals surface area contributed by atoms with Crippen molar-refractivity contribution in [2.24, 2.45) is 7.05 Å². The molecule has 1 amide bonds. The van der Waals surface area contributed by atoms with E-state index in [0.717, 1.165) is 0 Å². The fourth-order valence-electron chi connectivity index (χ4n) is 1.72. The number of thioether (sulfide) groups is 1. The van der Waals surface area contributed by atoms with Gasteiger partial charge in [-0.25, -0.2) is 9.59 Å². The largest absolute Gasteiger partial charge is 0.478 e. The number of carbonyl (C=O) groups excluding carboxylic acids is 1. The molecule has 2 aromatic rings. The Labute approximate surface area is 139 Å². The molecular formula is C13H13ClN3O5S+. The second kappa shape index (κ2) is 7.34. The Morgan fingerprint density at radius 1 is 1.48 bits per heavy atom. The van der Waals surface area contributed by atoms with Gasteiger partial charge in [0.25, 0.3) is 0 Å². The Balaban J connectivity index is 1.91. The number of carboxylic acid groups (broad SMARTS) is 1. The maximum atomic E-state index is 11.9. The molecule has 1 heterocycles. The zero-order chi connectivity index (χ0) is 17.0. The molecule has 0 spiro atoms. The van der Waals surface area contributed by atoms with Gasteiger partial charge in [0.15, 0.2) is 7.05 Å². The molecule has 0 radical (unpaired) electrons. The van der Waals surface area contributed by atoms with Crippen LogP contribution in [0.5, 0.6) is 0 Å². The van der Waals surface area contributed by atoms with Gasteiger partial charge in [-0.15, -0.1) is 0 Å². The first kappa shape index (κ1) is 17.1. The molecule has 0 saturated carbocycles. The number of amides is 1. The van der Waals surface area contributed by atoms with Crippen molar-refractivity contribution in [3.63, 3.8) is 0 Å². The molecule has 0 aliphatic heterocycles. The molecule has 0 aliphatic carbocycles. The fraction of sp³-hybridized carbons (Fsp3) is 0.231. The number of aryl methyl sites for hydroxylation is 1. The number of aromatic carboxylic acids is 1. The predicted molar refractivity (Wildman–Crippen MR) is 82.9 cm³/mol. The quantitative estimate of drug-likeness (QED) is 0.529. The number of nitrogens with zero attached hydrogens (tertiary/aromatic N) is 1. The topological polar surface area (TPSA) is 116 Å². The number of benzene rings is 1. The summed E-state index contributed by atoms with van der Waals surface area (Å²) < 4.78 is 6.01. The average Bonchev–Trinajstić information content (AvgIpc) is 2.80. The van der Waals surface area contributed by atoms with Crippen LogP contribution in [0.15, 0.2) is 32.5 Å². The number of carboxylic acids is 1. The minimum absolute atomic E-state index is 0.0872. The second-order valence-corrected chi connectivity index (χ2v) is 5.98. The van der Waals surface area contributed by atoms with Gasteiger partial charge in [0.1, 0.15) is 0 Å². The van der Waals surface area contributed by atoms with Gasteiger partial charge in [0.2, 0.25) is 5.91 Å². The molecule has 122 valence electrons. The van der Waals surface area contributed by atoms with Crippen molar-refractivity contribution in [3.05, 3.63) is 39.2 Å². The Bertz CT molecular complexity index is 801. The molecule has 0 fully saturated rings. The molecule has 10 heteroatoms. The van der Waals surface area contributed by atoms with E-state index in [1.54, 1.807) is 7.05 Å². The van der Waals surface area contributed by atoms with Crippen molar-refractivity contribution < 1.29 is 23.9 Å². The highest BCUT2D eigenvalue weighted by Gasteiger charge is 2.18. The predicted octanol–water partition coefficient (Wildman–Crippen LogP) is 1.26. The molecule has 0 atom stereocenters. The number of H-pyrrole nitrogens is 1. The lowest BCUT2D eigenvalue weighted by Crippen LogP contribution is -2.33. The van der Waals surface area contributed by atoms with E-state index < -0.39 is 11.6 Å². The van der Waals surface area contributed by atoms with Crippen LogP contribution in [0.25, 0.3) is 0 Å². The third-order valence-electron chi connectivity index (χ3n) is 2.80. The first-order valence-electron chi connectivity index (χ1n) is 6.41. The van der Waals surface area contributed by atoms with Crippen molar-refractivity contribution in [3.8, 4) is 0 Å². The summed E-state index contributed by atoms with van der Waals surface area (Å²) in [4.78, 5) is 34.2. The number of hydrogen-bond acceptors (Lipinski definition) is 5. The molecule has 0 bridgehead atoms. The molecule has 0 saturated heterocycles. The molecule has 1 aromatic carbocycles. The lowest BCUT2D eigenvalue weighted by atomic mass is 10.2. The maximum Gasteiger partial charge on any atom is 0.441 e. The number of aromatic amines is 1. The highest BCUT2D eigenvalue weighted by molar-refractivity contribution is 7.99. The van der Waals surface area contributed by atoms with Gasteiger partial charge in [-0.1, -0.05) is 16.3 Å². The van der Waals surface area contributed by atoms with Crippen LogP contribution in [-0.2, 0) is 11.8 Å². The van der Waals surface area contributed by atoms with Crippen LogP contribution in [0.3, 0.4) is 0 Å². The highest BCUT2D eigenvalue weighted by atomic mass is 35.5. The van der Waals surface area contributed by atoms with Crippen LogP contribution in [0.4, 0.5) is 5.69 Å². The van der Waals surface area contributed by atoms with E-state index in [-0.39, 0.29) is 22.9 Å². The van der Waals surface area contributed by atoms with E-state index in [1.165, 1.54) is 34.6 Å². The first-order chi connectivity index (χ1) is 10.9. The van der Waals surface area contributed by atoms with Gasteiger partial charge in [0.05, 0.1) is 10.6 Å². The molecule has 3 N–H and O–H groups in total. The molecular weight excluding hydrogens is 346 g/mol. The maximum absolute atomic E-state index is 11.9. The lowest BCUT2D eigenvalue weighted by Gasteiger charge is -2.06. The van der Waals surface area contributed by atoms with E-state index >= 15 is 0 Å². The summed E-state index contributed by atoms with van der Waals surface area (Å²) in [5.41, 5.74) is -0.244. The molecule has 0 unspecified atom stereocenters. The molecule has 8 nitrogen and oxygen atoms in total. The summed E-state index contributed by atoms with van der Waals surface area (Å²) in [7, 11) is 1.62. The Kier molecular flexibility index (Phi) is 5.45. The van der Waals surface area contributed by atoms with Crippen molar-refractivity contribution in [2.45, 2.75) is 11.4 Å². The summed E-state index contributed by atoms with van der Waals surface area (Å²) in [6.07, 6.45) is 0.139. The van der Waals surface area contributed by atoms with E-state index in [0.29, 0.717) is 16.5 Å². The average molecular weight is 359 g/mol. The van der Waals surface area contributed by atoms with Crippen LogP contribution < -0.4 is 15.6 Å². The van der Waals surface area contributed by atoms with Gasteiger partial charge in [0, 0.05) is 17.9 Å². The lowest BCUT2D eigenvalue weighted by molar-refractivity contribution is -0.772. The van der Waals surface area contributed by atoms with Crippen LogP contribution in [-0.4, -0.2) is 28.0 Å². The zero-order valence-corrected chi connectivity index (χ0v) is 13.5. The highest BCUT2D eigenvalue weighted by Crippen LogP contribution is 2.21. The molecule has 1 aromatic heterocycles. The standard InChI is InChI=1S/C13H12ClN3O5S/c1-17-11(13(21)22-16-17)23-5-4-10(18)15-7-2-3-9(14)8(6-7)12(19)20/h2-3,6H,4-5H2,1H3,(H2-,15,16,18,19,20,21)/p+1. The number of carbonyl (C=O) groups is 2. The van der Waals surface area contributed by atoms with Gasteiger partial charge >= 0.3 is 16.6 Å². The minimum atomic E-state index is -1.17. The summed E-state index contributed by atoms with van der Waals surface area (Å²) in [6, 6.07) is 4.21. The van der Waals surface area contributed by atoms with Crippen molar-refractivity contribution in [2.75, 3.05) is 11.1 Å². The minimum Gasteiger partial charge on any atom is -0.478 e. The summed E-state index contributed by atoms with van der Waals surface area (Å²) in [5.74, 6) is -1.12. The number of aromatic nitrogens is 2. The first-order valence-corrected chi connectivity index (χ1v) is 7.78. The molecule has 23 heavy (non-hydrogen) atoms. The molecule has 2 rings (SSSR count). The molecule has 0 aliphatic rings. The van der Waals surface area contributed by atoms with Crippen molar-refractivity contribution in [1.82, 2.24) is 5.27 Å². The number of nitrogens with one attached hydrogen (secondary N) is 2. The number of anilines is 1. The Morgan fingerprint density at radius 2 is 2.22 bits per heavy atom. The van der Waals surface area contributed by atoms with Crippen LogP contribution in [0.1, 0.15) is 16.8 Å². The van der Waals surface area contributed by atoms with E-state index in [9.17, 15) is 14.4 Å². The van der Waals surface area contributed by atoms with Crippen LogP contribution >= 0.6 is 23.4 Å². The zero-order valence-electron chi connectivity index (χ0n) is 12.0. The van der Waals surface area contributed by atoms with Crippen LogP contribution in [0, 0.1) is 0 Å². The monoisotopic (exact) mass is 358 g/mol. The number of halogens is 1. The van der Waals surface area contributed by atoms with Gasteiger partial charge in [-0.3, -0.25) is 9.32 Å². The van der Waals surface area contributed by atoms with E-state index in [2.05, 4.69) is 15.1 Å². The number of hydrogen-bond donors (Lipinski definition) is 3. The van der Waals surface area contributed by atoms with E-state index in [1.807, 2.05) is 0 Å². The third kappa shape index (κ3) is 4.36. The van der Waals surface area contributed by atoms with Crippen molar-refractivity contribution >= 4 is 40.9 Å². The van der Waals surface area contributed by atoms with E-state index in [4.69, 9.17) is 16.7 Å². The van der Waals surface area contributed by atoms with Crippen molar-refractivity contribution in [1.29, 1.82) is 0 Å². The Morgan fingerprint density at radius 3 is 2.83 bits per heavy atom. The number of rotatable bonds is 6. The summed E-state index contributed by atoms with van der Waals surface area (Å²) >= 11 is 6.94. The van der Waals surface area contributed by atoms with Gasteiger partial charge in [-0.2, -0.15) is 0 Å². The Hall–Kier alpha value is -2.26. The third-order valence-corrected chi connectivity index (χ3v) is 4.25. The fourth-order valence-corrected chi connectivity index (χ4v) is 2.79. The normalized spacial score (nSPS) is 10.5.